The SMILES string of the molecule is CC(C)Cc1cc(Cl)nc(CC2CCCO2)n1. The van der Waals surface area contributed by atoms with Crippen LogP contribution in [0.2, 0.25) is 5.15 Å². The number of hydrogen-bond acceptors (Lipinski definition) is 3. The zero-order valence-electron chi connectivity index (χ0n) is 10.4. The van der Waals surface area contributed by atoms with Crippen molar-refractivity contribution in [3.63, 3.8) is 0 Å². The molecule has 0 spiro atoms. The Labute approximate surface area is 108 Å². The van der Waals surface area contributed by atoms with Crippen LogP contribution in [-0.4, -0.2) is 22.7 Å². The largest absolute Gasteiger partial charge is 0.378 e. The maximum absolute atomic E-state index is 6.03. The molecule has 1 aromatic heterocycles. The molecule has 0 N–H and O–H groups in total. The van der Waals surface area contributed by atoms with Crippen molar-refractivity contribution < 1.29 is 4.74 Å². The summed E-state index contributed by atoms with van der Waals surface area (Å²) in [5, 5.41) is 0.545. The van der Waals surface area contributed by atoms with Gasteiger partial charge in [-0.2, -0.15) is 0 Å². The average Bonchev–Trinajstić information content (AvgIpc) is 2.67. The molecule has 0 radical (unpaired) electrons. The first kappa shape index (κ1) is 12.8. The van der Waals surface area contributed by atoms with Gasteiger partial charge in [0.05, 0.1) is 6.10 Å². The van der Waals surface area contributed by atoms with Crippen LogP contribution in [0.4, 0.5) is 0 Å². The molecule has 0 saturated carbocycles. The molecule has 2 heterocycles. The summed E-state index contributed by atoms with van der Waals surface area (Å²) in [6.45, 7) is 5.22. The van der Waals surface area contributed by atoms with Crippen LogP contribution in [0.25, 0.3) is 0 Å². The van der Waals surface area contributed by atoms with Crippen molar-refractivity contribution in [2.45, 2.75) is 45.6 Å². The summed E-state index contributed by atoms with van der Waals surface area (Å²) in [6, 6.07) is 1.86. The maximum Gasteiger partial charge on any atom is 0.133 e. The highest BCUT2D eigenvalue weighted by molar-refractivity contribution is 6.29. The van der Waals surface area contributed by atoms with Crippen molar-refractivity contribution >= 4 is 11.6 Å². The van der Waals surface area contributed by atoms with E-state index in [0.717, 1.165) is 43.8 Å². The van der Waals surface area contributed by atoms with Crippen molar-refractivity contribution in [1.29, 1.82) is 0 Å². The van der Waals surface area contributed by atoms with E-state index in [9.17, 15) is 0 Å². The Hall–Kier alpha value is -0.670. The van der Waals surface area contributed by atoms with Crippen LogP contribution in [0.1, 0.15) is 38.2 Å². The van der Waals surface area contributed by atoms with E-state index < -0.39 is 0 Å². The molecule has 17 heavy (non-hydrogen) atoms. The van der Waals surface area contributed by atoms with Crippen LogP contribution >= 0.6 is 11.6 Å². The first-order chi connectivity index (χ1) is 8.13. The summed E-state index contributed by atoms with van der Waals surface area (Å²) in [5.74, 6) is 1.40. The Kier molecular flexibility index (Phi) is 4.35. The normalized spacial score (nSPS) is 20.1. The average molecular weight is 255 g/mol. The van der Waals surface area contributed by atoms with Crippen molar-refractivity contribution in [3.05, 3.63) is 22.7 Å². The number of aromatic nitrogens is 2. The fourth-order valence-corrected chi connectivity index (χ4v) is 2.36. The molecule has 1 saturated heterocycles. The lowest BCUT2D eigenvalue weighted by molar-refractivity contribution is 0.110. The number of halogens is 1. The van der Waals surface area contributed by atoms with Crippen LogP contribution < -0.4 is 0 Å². The zero-order valence-corrected chi connectivity index (χ0v) is 11.2. The van der Waals surface area contributed by atoms with Crippen molar-refractivity contribution in [1.82, 2.24) is 9.97 Å². The van der Waals surface area contributed by atoms with Gasteiger partial charge in [-0.15, -0.1) is 0 Å². The lowest BCUT2D eigenvalue weighted by Crippen LogP contribution is -2.13. The van der Waals surface area contributed by atoms with Gasteiger partial charge in [0, 0.05) is 18.7 Å². The first-order valence-corrected chi connectivity index (χ1v) is 6.65. The van der Waals surface area contributed by atoms with Gasteiger partial charge in [-0.25, -0.2) is 9.97 Å². The Balaban J connectivity index is 2.07. The molecule has 1 fully saturated rings. The van der Waals surface area contributed by atoms with Gasteiger partial charge in [0.1, 0.15) is 11.0 Å². The number of rotatable bonds is 4. The van der Waals surface area contributed by atoms with Gasteiger partial charge in [-0.1, -0.05) is 25.4 Å². The van der Waals surface area contributed by atoms with Crippen molar-refractivity contribution in [2.24, 2.45) is 5.92 Å². The molecule has 4 heteroatoms. The first-order valence-electron chi connectivity index (χ1n) is 6.27. The Morgan fingerprint density at radius 1 is 1.47 bits per heavy atom. The smallest absolute Gasteiger partial charge is 0.133 e. The summed E-state index contributed by atoms with van der Waals surface area (Å²) in [4.78, 5) is 8.84. The fraction of sp³-hybridized carbons (Fsp3) is 0.692. The third-order valence-corrected chi connectivity index (χ3v) is 3.04. The fourth-order valence-electron chi connectivity index (χ4n) is 2.14. The van der Waals surface area contributed by atoms with Gasteiger partial charge in [0.25, 0.3) is 0 Å². The van der Waals surface area contributed by atoms with E-state index in [0.29, 0.717) is 11.1 Å². The monoisotopic (exact) mass is 254 g/mol. The second kappa shape index (κ2) is 5.78. The molecule has 1 aliphatic heterocycles. The highest BCUT2D eigenvalue weighted by atomic mass is 35.5. The summed E-state index contributed by atoms with van der Waals surface area (Å²) >= 11 is 6.03. The molecule has 1 aliphatic rings. The molecule has 0 aliphatic carbocycles. The number of hydrogen-bond donors (Lipinski definition) is 0. The molecule has 94 valence electrons. The van der Waals surface area contributed by atoms with Gasteiger partial charge >= 0.3 is 0 Å². The van der Waals surface area contributed by atoms with Crippen LogP contribution in [0.5, 0.6) is 0 Å². The van der Waals surface area contributed by atoms with Crippen LogP contribution in [-0.2, 0) is 17.6 Å². The topological polar surface area (TPSA) is 35.0 Å². The van der Waals surface area contributed by atoms with E-state index in [1.54, 1.807) is 0 Å². The molecule has 0 bridgehead atoms. The molecule has 0 aromatic carbocycles. The molecule has 1 unspecified atom stereocenters. The highest BCUT2D eigenvalue weighted by Crippen LogP contribution is 2.17. The molecule has 0 amide bonds. The lowest BCUT2D eigenvalue weighted by atomic mass is 10.1. The second-order valence-corrected chi connectivity index (χ2v) is 5.42. The minimum Gasteiger partial charge on any atom is -0.378 e. The van der Waals surface area contributed by atoms with E-state index in [1.165, 1.54) is 0 Å². The van der Waals surface area contributed by atoms with Gasteiger partial charge in [-0.3, -0.25) is 0 Å². The van der Waals surface area contributed by atoms with E-state index in [4.69, 9.17) is 16.3 Å². The van der Waals surface area contributed by atoms with Gasteiger partial charge in [0.2, 0.25) is 0 Å². The molecular weight excluding hydrogens is 236 g/mol. The summed E-state index contributed by atoms with van der Waals surface area (Å²) in [6.07, 6.45) is 4.26. The predicted molar refractivity (Wildman–Crippen MR) is 68.3 cm³/mol. The molecule has 1 atom stereocenters. The molecular formula is C13H19ClN2O. The molecule has 1 aromatic rings. The minimum absolute atomic E-state index is 0.278. The standard InChI is InChI=1S/C13H19ClN2O/c1-9(2)6-10-7-12(14)16-13(15-10)8-11-4-3-5-17-11/h7,9,11H,3-6,8H2,1-2H3. The van der Waals surface area contributed by atoms with E-state index in [-0.39, 0.29) is 6.10 Å². The summed E-state index contributed by atoms with van der Waals surface area (Å²) in [5.41, 5.74) is 1.04. The van der Waals surface area contributed by atoms with E-state index in [2.05, 4.69) is 23.8 Å². The molecule has 2 rings (SSSR count). The van der Waals surface area contributed by atoms with Crippen molar-refractivity contribution in [2.75, 3.05) is 6.61 Å². The molecule has 3 nitrogen and oxygen atoms in total. The van der Waals surface area contributed by atoms with E-state index in [1.807, 2.05) is 6.07 Å². The van der Waals surface area contributed by atoms with Crippen LogP contribution in [0, 0.1) is 5.92 Å². The minimum atomic E-state index is 0.278. The third-order valence-electron chi connectivity index (χ3n) is 2.85. The Morgan fingerprint density at radius 2 is 2.29 bits per heavy atom. The van der Waals surface area contributed by atoms with Gasteiger partial charge in [-0.05, 0) is 31.2 Å². The van der Waals surface area contributed by atoms with E-state index >= 15 is 0 Å². The Morgan fingerprint density at radius 3 is 2.94 bits per heavy atom. The predicted octanol–water partition coefficient (Wildman–Crippen LogP) is 3.05. The van der Waals surface area contributed by atoms with Gasteiger partial charge in [0.15, 0.2) is 0 Å². The third kappa shape index (κ3) is 3.93. The summed E-state index contributed by atoms with van der Waals surface area (Å²) < 4.78 is 5.59. The highest BCUT2D eigenvalue weighted by Gasteiger charge is 2.18. The van der Waals surface area contributed by atoms with Crippen LogP contribution in [0.15, 0.2) is 6.07 Å². The number of ether oxygens (including phenoxy) is 1. The maximum atomic E-state index is 6.03. The van der Waals surface area contributed by atoms with Crippen molar-refractivity contribution in [3.8, 4) is 0 Å². The second-order valence-electron chi connectivity index (χ2n) is 5.04. The zero-order chi connectivity index (χ0) is 12.3. The quantitative estimate of drug-likeness (QED) is 0.775. The Bertz CT molecular complexity index is 376. The van der Waals surface area contributed by atoms with Gasteiger partial charge < -0.3 is 4.74 Å². The lowest BCUT2D eigenvalue weighted by Gasteiger charge is -2.10. The number of nitrogens with zero attached hydrogens (tertiary/aromatic N) is 2. The summed E-state index contributed by atoms with van der Waals surface area (Å²) in [7, 11) is 0. The van der Waals surface area contributed by atoms with Crippen LogP contribution in [0.3, 0.4) is 0 Å².